The van der Waals surface area contributed by atoms with Gasteiger partial charge in [0.25, 0.3) is 0 Å². The van der Waals surface area contributed by atoms with Crippen LogP contribution < -0.4 is 0 Å². The molecule has 0 heteroatoms. The Labute approximate surface area is 372 Å². The molecule has 294 valence electrons. The summed E-state index contributed by atoms with van der Waals surface area (Å²) in [6.45, 7) is 0. The lowest BCUT2D eigenvalue weighted by Crippen LogP contribution is -1.95. The Morgan fingerprint density at radius 3 is 0.812 bits per heavy atom. The maximum atomic E-state index is 3.65. The van der Waals surface area contributed by atoms with Gasteiger partial charge >= 0.3 is 0 Å². The maximum Gasteiger partial charge on any atom is 0.0406 e. The summed E-state index contributed by atoms with van der Waals surface area (Å²) in [5.41, 5.74) is 11.2. The van der Waals surface area contributed by atoms with Crippen LogP contribution in [-0.2, 0) is 0 Å². The van der Waals surface area contributed by atoms with E-state index in [1.54, 1.807) is 0 Å². The van der Waals surface area contributed by atoms with Gasteiger partial charge in [-0.1, -0.05) is 206 Å². The van der Waals surface area contributed by atoms with Crippen molar-refractivity contribution >= 4 is 64.6 Å². The van der Waals surface area contributed by atoms with Crippen LogP contribution in [0.25, 0.3) is 98.0 Å². The van der Waals surface area contributed by atoms with Crippen molar-refractivity contribution in [1.29, 1.82) is 0 Å². The normalized spacial score (nSPS) is 11.2. The Morgan fingerprint density at radius 2 is 0.469 bits per heavy atom. The average molecular weight is 807 g/mol. The molecule has 0 saturated carbocycles. The summed E-state index contributed by atoms with van der Waals surface area (Å²) in [5.74, 6) is 14.3. The molecule has 0 spiro atoms. The molecular weight excluding hydrogens is 769 g/mol. The smallest absolute Gasteiger partial charge is 0.0406 e. The SMILES string of the molecule is C(#Cc1c2ccccc2c(-c2cc(-c3c4ccccc4cc4ccccc34)cc(-c3c4ccccc4c(C#Cc4ccccc4)c4ccccc34)c2)c2ccccc12)c1ccccc1. The van der Waals surface area contributed by atoms with E-state index < -0.39 is 0 Å². The fraction of sp³-hybridized carbons (Fsp3) is 0. The standard InChI is InChI=1S/C64H38/c1-3-19-43(20-4-1)35-37-56-52-27-11-15-31-58(52)63(59-32-16-12-28-53(56)59)48-40-47(62-50-25-9-7-23-45(50)39-46-24-8-10-26-51(46)62)41-49(42-48)64-60-33-17-13-29-54(60)57(55-30-14-18-34-61(55)64)38-36-44-21-5-2-6-22-44/h1-34,39-42H. The zero-order valence-corrected chi connectivity index (χ0v) is 34.9. The van der Waals surface area contributed by atoms with Crippen molar-refractivity contribution in [2.75, 3.05) is 0 Å². The molecule has 0 N–H and O–H groups in total. The minimum atomic E-state index is 0.996. The van der Waals surface area contributed by atoms with E-state index in [0.717, 1.165) is 54.9 Å². The average Bonchev–Trinajstić information content (AvgIpc) is 3.36. The molecule has 0 aliphatic rings. The molecule has 0 nitrogen and oxygen atoms in total. The molecule has 0 bridgehead atoms. The Morgan fingerprint density at radius 1 is 0.203 bits per heavy atom. The molecule has 0 unspecified atom stereocenters. The van der Waals surface area contributed by atoms with Gasteiger partial charge in [0, 0.05) is 22.3 Å². The monoisotopic (exact) mass is 806 g/mol. The summed E-state index contributed by atoms with van der Waals surface area (Å²) >= 11 is 0. The Hall–Kier alpha value is -8.68. The highest BCUT2D eigenvalue weighted by Gasteiger charge is 2.21. The number of hydrogen-bond donors (Lipinski definition) is 0. The van der Waals surface area contributed by atoms with Crippen LogP contribution >= 0.6 is 0 Å². The van der Waals surface area contributed by atoms with Crippen LogP contribution in [0.4, 0.5) is 0 Å². The van der Waals surface area contributed by atoms with Gasteiger partial charge in [-0.25, -0.2) is 0 Å². The van der Waals surface area contributed by atoms with Crippen molar-refractivity contribution in [3.05, 3.63) is 253 Å². The molecule has 0 fully saturated rings. The van der Waals surface area contributed by atoms with Crippen molar-refractivity contribution in [3.63, 3.8) is 0 Å². The van der Waals surface area contributed by atoms with Gasteiger partial charge in [-0.15, -0.1) is 0 Å². The predicted octanol–water partition coefficient (Wildman–Crippen LogP) is 16.4. The van der Waals surface area contributed by atoms with Crippen molar-refractivity contribution in [3.8, 4) is 57.1 Å². The third kappa shape index (κ3) is 6.37. The van der Waals surface area contributed by atoms with E-state index in [1.165, 1.54) is 65.3 Å². The lowest BCUT2D eigenvalue weighted by atomic mass is 9.83. The summed E-state index contributed by atoms with van der Waals surface area (Å²) in [7, 11) is 0. The number of fused-ring (bicyclic) bond motifs is 6. The summed E-state index contributed by atoms with van der Waals surface area (Å²) in [6, 6.07) is 83.1. The zero-order chi connectivity index (χ0) is 42.4. The topological polar surface area (TPSA) is 0 Å². The van der Waals surface area contributed by atoms with E-state index in [-0.39, 0.29) is 0 Å². The van der Waals surface area contributed by atoms with Crippen LogP contribution in [0.1, 0.15) is 22.3 Å². The molecule has 64 heavy (non-hydrogen) atoms. The summed E-state index contributed by atoms with van der Waals surface area (Å²) in [4.78, 5) is 0. The molecule has 0 aliphatic heterocycles. The van der Waals surface area contributed by atoms with E-state index in [2.05, 4.69) is 218 Å². The molecule has 0 saturated heterocycles. The van der Waals surface area contributed by atoms with Crippen LogP contribution in [0, 0.1) is 23.7 Å². The van der Waals surface area contributed by atoms with E-state index in [4.69, 9.17) is 0 Å². The van der Waals surface area contributed by atoms with Crippen LogP contribution in [0.5, 0.6) is 0 Å². The maximum absolute atomic E-state index is 3.65. The third-order valence-electron chi connectivity index (χ3n) is 12.6. The minimum Gasteiger partial charge on any atom is -0.0622 e. The Balaban J connectivity index is 1.21. The Kier molecular flexibility index (Phi) is 9.08. The Bertz CT molecular complexity index is 3580. The molecule has 0 atom stereocenters. The number of rotatable bonds is 3. The van der Waals surface area contributed by atoms with E-state index >= 15 is 0 Å². The van der Waals surface area contributed by atoms with Gasteiger partial charge in [0.15, 0.2) is 0 Å². The van der Waals surface area contributed by atoms with Crippen molar-refractivity contribution in [2.45, 2.75) is 0 Å². The fourth-order valence-electron chi connectivity index (χ4n) is 9.85. The molecule has 0 heterocycles. The second-order valence-electron chi connectivity index (χ2n) is 16.4. The molecule has 12 rings (SSSR count). The lowest BCUT2D eigenvalue weighted by molar-refractivity contribution is 1.62. The highest BCUT2D eigenvalue weighted by atomic mass is 14.2. The quantitative estimate of drug-likeness (QED) is 0.123. The lowest BCUT2D eigenvalue weighted by Gasteiger charge is -2.20. The summed E-state index contributed by atoms with van der Waals surface area (Å²) in [5, 5.41) is 14.1. The second-order valence-corrected chi connectivity index (χ2v) is 16.4. The van der Waals surface area contributed by atoms with Gasteiger partial charge in [0.2, 0.25) is 0 Å². The highest BCUT2D eigenvalue weighted by molar-refractivity contribution is 6.21. The first kappa shape index (κ1) is 37.1. The third-order valence-corrected chi connectivity index (χ3v) is 12.6. The van der Waals surface area contributed by atoms with Gasteiger partial charge in [-0.05, 0) is 147 Å². The molecular formula is C64H38. The van der Waals surface area contributed by atoms with Gasteiger partial charge < -0.3 is 0 Å². The van der Waals surface area contributed by atoms with Crippen molar-refractivity contribution in [2.24, 2.45) is 0 Å². The van der Waals surface area contributed by atoms with Crippen LogP contribution in [0.3, 0.4) is 0 Å². The first-order valence-electron chi connectivity index (χ1n) is 21.8. The van der Waals surface area contributed by atoms with Crippen LogP contribution in [-0.4, -0.2) is 0 Å². The molecule has 0 aromatic heterocycles. The van der Waals surface area contributed by atoms with Crippen LogP contribution in [0.15, 0.2) is 231 Å². The molecule has 12 aromatic carbocycles. The fourth-order valence-corrected chi connectivity index (χ4v) is 9.85. The largest absolute Gasteiger partial charge is 0.0622 e. The van der Waals surface area contributed by atoms with Crippen molar-refractivity contribution < 1.29 is 0 Å². The van der Waals surface area contributed by atoms with Crippen molar-refractivity contribution in [1.82, 2.24) is 0 Å². The molecule has 0 aliphatic carbocycles. The van der Waals surface area contributed by atoms with Gasteiger partial charge in [-0.3, -0.25) is 0 Å². The highest BCUT2D eigenvalue weighted by Crippen LogP contribution is 2.47. The first-order valence-corrected chi connectivity index (χ1v) is 21.8. The van der Waals surface area contributed by atoms with E-state index in [1.807, 2.05) is 36.4 Å². The van der Waals surface area contributed by atoms with Gasteiger partial charge in [0.05, 0.1) is 0 Å². The summed E-state index contributed by atoms with van der Waals surface area (Å²) < 4.78 is 0. The van der Waals surface area contributed by atoms with Gasteiger partial charge in [0.1, 0.15) is 0 Å². The molecule has 12 aromatic rings. The van der Waals surface area contributed by atoms with E-state index in [9.17, 15) is 0 Å². The molecule has 0 amide bonds. The first-order chi connectivity index (χ1) is 31.8. The zero-order valence-electron chi connectivity index (χ0n) is 34.9. The predicted molar refractivity (Wildman–Crippen MR) is 273 cm³/mol. The number of benzene rings is 12. The van der Waals surface area contributed by atoms with E-state index in [0.29, 0.717) is 0 Å². The van der Waals surface area contributed by atoms with Crippen LogP contribution in [0.2, 0.25) is 0 Å². The number of hydrogen-bond acceptors (Lipinski definition) is 0. The molecule has 0 radical (unpaired) electrons. The van der Waals surface area contributed by atoms with Gasteiger partial charge in [-0.2, -0.15) is 0 Å². The second kappa shape index (κ2) is 15.7. The minimum absolute atomic E-state index is 0.996. The summed E-state index contributed by atoms with van der Waals surface area (Å²) in [6.07, 6.45) is 0.